The first kappa shape index (κ1) is 19.6. The van der Waals surface area contributed by atoms with Crippen LogP contribution in [0.5, 0.6) is 0 Å². The molecule has 0 rings (SSSR count). The molecule has 12 heteroatoms. The van der Waals surface area contributed by atoms with E-state index in [0.29, 0.717) is 6.42 Å². The Labute approximate surface area is 118 Å². The fourth-order valence-corrected chi connectivity index (χ4v) is 7.90. The predicted octanol–water partition coefficient (Wildman–Crippen LogP) is 3.18. The fraction of sp³-hybridized carbons (Fsp3) is 0.750. The monoisotopic (exact) mass is 438 g/mol. The number of rotatable bonds is 5. The van der Waals surface area contributed by atoms with Gasteiger partial charge in [-0.1, -0.05) is 0 Å². The third-order valence-electron chi connectivity index (χ3n) is 1.78. The molecule has 0 radical (unpaired) electrons. The van der Waals surface area contributed by atoms with Crippen molar-refractivity contribution in [3.63, 3.8) is 0 Å². The molecule has 0 bridgehead atoms. The van der Waals surface area contributed by atoms with Gasteiger partial charge in [0.15, 0.2) is 0 Å². The molecular weight excluding hydrogens is 428 g/mol. The molecule has 0 saturated carbocycles. The van der Waals surface area contributed by atoms with Crippen molar-refractivity contribution in [3.05, 3.63) is 0 Å². The second kappa shape index (κ2) is 7.05. The second-order valence-corrected chi connectivity index (χ2v) is 13.8. The molecule has 0 aliphatic rings. The van der Waals surface area contributed by atoms with Gasteiger partial charge in [-0.2, -0.15) is 0 Å². The van der Waals surface area contributed by atoms with Gasteiger partial charge in [0.2, 0.25) is 0 Å². The molecule has 0 aromatic carbocycles. The van der Waals surface area contributed by atoms with Crippen molar-refractivity contribution in [1.29, 1.82) is 0 Å². The van der Waals surface area contributed by atoms with Crippen LogP contribution in [-0.4, -0.2) is 42.4 Å². The molecule has 0 N–H and O–H groups in total. The first-order chi connectivity index (χ1) is 8.82. The maximum absolute atomic E-state index is 12.0. The predicted molar refractivity (Wildman–Crippen MR) is 55.6 cm³/mol. The summed E-state index contributed by atoms with van der Waals surface area (Å²) in [5, 5.41) is 0. The molecule has 0 fully saturated rings. The van der Waals surface area contributed by atoms with Gasteiger partial charge < -0.3 is 0 Å². The van der Waals surface area contributed by atoms with Gasteiger partial charge in [0.1, 0.15) is 0 Å². The standard InChI is InChI=1S/C4H9.2C2HF3O2.ClH.Sn/c1-3-4-2;2*3-2(4,5)1(6)7;;/h1,3-4H2,2H3;2*(H,6,7);1H;/q;;;;+3/p-3. The Bertz CT molecular complexity index is 341. The van der Waals surface area contributed by atoms with Crippen LogP contribution in [0, 0.1) is 0 Å². The number of carbonyl (C=O) groups excluding carboxylic acids is 2. The van der Waals surface area contributed by atoms with Crippen molar-refractivity contribution in [2.24, 2.45) is 0 Å². The van der Waals surface area contributed by atoms with Crippen LogP contribution >= 0.6 is 8.92 Å². The second-order valence-electron chi connectivity index (χ2n) is 3.54. The average molecular weight is 437 g/mol. The number of carbonyl (C=O) groups is 2. The quantitative estimate of drug-likeness (QED) is 0.490. The van der Waals surface area contributed by atoms with Crippen LogP contribution in [-0.2, 0) is 15.7 Å². The van der Waals surface area contributed by atoms with Gasteiger partial charge in [-0.25, -0.2) is 0 Å². The zero-order chi connectivity index (χ0) is 16.2. The van der Waals surface area contributed by atoms with Gasteiger partial charge >= 0.3 is 118 Å². The maximum atomic E-state index is 12.0. The van der Waals surface area contributed by atoms with Crippen LogP contribution in [0.4, 0.5) is 26.3 Å². The van der Waals surface area contributed by atoms with Gasteiger partial charge in [-0.05, 0) is 0 Å². The Kier molecular flexibility index (Phi) is 6.91. The molecule has 0 aromatic heterocycles. The van der Waals surface area contributed by atoms with Crippen LogP contribution in [0.1, 0.15) is 19.8 Å². The molecule has 0 aliphatic carbocycles. The zero-order valence-electron chi connectivity index (χ0n) is 9.90. The Hall–Kier alpha value is -0.391. The van der Waals surface area contributed by atoms with E-state index in [1.807, 2.05) is 0 Å². The minimum atomic E-state index is -5.62. The molecule has 0 atom stereocenters. The SMILES string of the molecule is CCC[CH2][Sn]([Cl])([O]C(=O)C(F)(F)F)[O]C(=O)C(F)(F)F. The van der Waals surface area contributed by atoms with E-state index in [0.717, 1.165) is 0 Å². The zero-order valence-corrected chi connectivity index (χ0v) is 13.5. The first-order valence-electron chi connectivity index (χ1n) is 5.11. The summed E-state index contributed by atoms with van der Waals surface area (Å²) >= 11 is -5.62. The summed E-state index contributed by atoms with van der Waals surface area (Å²) in [4.78, 5) is 21.2. The summed E-state index contributed by atoms with van der Waals surface area (Å²) in [6.07, 6.45) is -10.5. The molecule has 0 amide bonds. The van der Waals surface area contributed by atoms with Crippen molar-refractivity contribution < 1.29 is 42.1 Å². The molecule has 0 unspecified atom stereocenters. The van der Waals surface area contributed by atoms with E-state index in [4.69, 9.17) is 8.92 Å². The van der Waals surface area contributed by atoms with Crippen molar-refractivity contribution >= 4 is 38.9 Å². The molecule has 0 spiro atoms. The number of hydrogen-bond acceptors (Lipinski definition) is 4. The average Bonchev–Trinajstić information content (AvgIpc) is 2.23. The van der Waals surface area contributed by atoms with E-state index in [1.54, 1.807) is 6.92 Å². The Morgan fingerprint density at radius 2 is 1.35 bits per heavy atom. The van der Waals surface area contributed by atoms with Crippen molar-refractivity contribution in [3.8, 4) is 0 Å². The molecule has 0 aliphatic heterocycles. The normalized spacial score (nSPS) is 13.0. The van der Waals surface area contributed by atoms with E-state index in [-0.39, 0.29) is 6.42 Å². The van der Waals surface area contributed by atoms with E-state index >= 15 is 0 Å². The van der Waals surface area contributed by atoms with E-state index < -0.39 is 46.8 Å². The first-order valence-corrected chi connectivity index (χ1v) is 13.1. The van der Waals surface area contributed by atoms with Gasteiger partial charge in [-0.15, -0.1) is 0 Å². The third-order valence-corrected chi connectivity index (χ3v) is 9.60. The Balaban J connectivity index is 5.01. The van der Waals surface area contributed by atoms with E-state index in [2.05, 4.69) is 6.15 Å². The summed E-state index contributed by atoms with van der Waals surface area (Å²) in [6, 6.07) is 0. The topological polar surface area (TPSA) is 52.6 Å². The molecular formula is C8H9ClF6O4Sn. The van der Waals surface area contributed by atoms with Crippen molar-refractivity contribution in [1.82, 2.24) is 0 Å². The van der Waals surface area contributed by atoms with Crippen LogP contribution < -0.4 is 0 Å². The molecule has 0 aromatic rings. The summed E-state index contributed by atoms with van der Waals surface area (Å²) in [5.41, 5.74) is 0. The van der Waals surface area contributed by atoms with Crippen molar-refractivity contribution in [2.45, 2.75) is 36.6 Å². The summed E-state index contributed by atoms with van der Waals surface area (Å²) in [6.45, 7) is 1.57. The van der Waals surface area contributed by atoms with Crippen LogP contribution in [0.2, 0.25) is 4.44 Å². The number of halogens is 7. The Morgan fingerprint density at radius 3 is 1.60 bits per heavy atom. The minimum absolute atomic E-state index is 0.0514. The molecule has 20 heavy (non-hydrogen) atoms. The van der Waals surface area contributed by atoms with Gasteiger partial charge in [-0.3, -0.25) is 0 Å². The van der Waals surface area contributed by atoms with Crippen LogP contribution in [0.3, 0.4) is 0 Å². The number of unbranched alkanes of at least 4 members (excludes halogenated alkanes) is 1. The summed E-state index contributed by atoms with van der Waals surface area (Å²) in [5.74, 6) is -5.54. The third kappa shape index (κ3) is 6.86. The van der Waals surface area contributed by atoms with Gasteiger partial charge in [0.05, 0.1) is 0 Å². The van der Waals surface area contributed by atoms with E-state index in [9.17, 15) is 35.9 Å². The summed E-state index contributed by atoms with van der Waals surface area (Å²) < 4.78 is 79.2. The number of alkyl halides is 6. The molecule has 0 saturated heterocycles. The fourth-order valence-electron chi connectivity index (χ4n) is 0.903. The van der Waals surface area contributed by atoms with Crippen LogP contribution in [0.25, 0.3) is 0 Å². The van der Waals surface area contributed by atoms with Crippen molar-refractivity contribution in [2.75, 3.05) is 0 Å². The molecule has 118 valence electrons. The van der Waals surface area contributed by atoms with Gasteiger partial charge in [0, 0.05) is 0 Å². The molecule has 4 nitrogen and oxygen atoms in total. The summed E-state index contributed by atoms with van der Waals surface area (Å²) in [7, 11) is 5.44. The van der Waals surface area contributed by atoms with Gasteiger partial charge in [0.25, 0.3) is 0 Å². The van der Waals surface area contributed by atoms with E-state index in [1.165, 1.54) is 0 Å². The molecule has 0 heterocycles. The number of hydrogen-bond donors (Lipinski definition) is 0. The Morgan fingerprint density at radius 1 is 1.00 bits per heavy atom. The van der Waals surface area contributed by atoms with Crippen LogP contribution in [0.15, 0.2) is 0 Å².